The number of amides is 1. The van der Waals surface area contributed by atoms with E-state index in [2.05, 4.69) is 5.32 Å². The first kappa shape index (κ1) is 23.4. The van der Waals surface area contributed by atoms with Crippen LogP contribution in [0.1, 0.15) is 12.5 Å². The molecule has 0 aliphatic rings. The average Bonchev–Trinajstić information content (AvgIpc) is 2.66. The van der Waals surface area contributed by atoms with E-state index in [1.165, 1.54) is 0 Å². The van der Waals surface area contributed by atoms with Crippen molar-refractivity contribution in [3.8, 4) is 5.75 Å². The van der Waals surface area contributed by atoms with Gasteiger partial charge in [-0.15, -0.1) is 0 Å². The molecule has 0 spiro atoms. The second-order valence-electron chi connectivity index (χ2n) is 6.23. The third-order valence-electron chi connectivity index (χ3n) is 3.85. The number of thioether (sulfide) groups is 1. The summed E-state index contributed by atoms with van der Waals surface area (Å²) in [7, 11) is -3.60. The standard InChI is InChI=1S/C20H25ClN2O4S2/c1-3-27-19-9-7-18(8-10-19)23(29(2,25)26)14-20(24)22-11-12-28-15-16-5-4-6-17(21)13-16/h4-10,13H,3,11-12,14-15H2,1-2H3,(H,22,24). The highest BCUT2D eigenvalue weighted by Gasteiger charge is 2.20. The van der Waals surface area contributed by atoms with Gasteiger partial charge in [0.05, 0.1) is 18.6 Å². The number of hydrogen-bond acceptors (Lipinski definition) is 5. The molecule has 0 radical (unpaired) electrons. The van der Waals surface area contributed by atoms with Gasteiger partial charge in [0.1, 0.15) is 12.3 Å². The van der Waals surface area contributed by atoms with Crippen LogP contribution in [0.3, 0.4) is 0 Å². The molecular formula is C20H25ClN2O4S2. The lowest BCUT2D eigenvalue weighted by Gasteiger charge is -2.22. The van der Waals surface area contributed by atoms with Crippen molar-refractivity contribution >= 4 is 45.0 Å². The lowest BCUT2D eigenvalue weighted by molar-refractivity contribution is -0.119. The van der Waals surface area contributed by atoms with Gasteiger partial charge in [-0.1, -0.05) is 23.7 Å². The molecule has 2 rings (SSSR count). The number of carbonyl (C=O) groups is 1. The van der Waals surface area contributed by atoms with Crippen molar-refractivity contribution in [2.24, 2.45) is 0 Å². The van der Waals surface area contributed by atoms with Gasteiger partial charge in [0, 0.05) is 23.1 Å². The molecule has 0 aliphatic carbocycles. The minimum Gasteiger partial charge on any atom is -0.494 e. The minimum absolute atomic E-state index is 0.272. The van der Waals surface area contributed by atoms with Crippen LogP contribution in [0.2, 0.25) is 5.02 Å². The molecule has 0 unspecified atom stereocenters. The number of nitrogens with one attached hydrogen (secondary N) is 1. The third-order valence-corrected chi connectivity index (χ3v) is 6.26. The van der Waals surface area contributed by atoms with Gasteiger partial charge in [-0.2, -0.15) is 11.8 Å². The SMILES string of the molecule is CCOc1ccc(N(CC(=O)NCCSCc2cccc(Cl)c2)S(C)(=O)=O)cc1. The van der Waals surface area contributed by atoms with Crippen LogP contribution in [0, 0.1) is 0 Å². The molecule has 0 saturated heterocycles. The first-order chi connectivity index (χ1) is 13.8. The second-order valence-corrected chi connectivity index (χ2v) is 9.68. The number of carbonyl (C=O) groups excluding carboxylic acids is 1. The molecular weight excluding hydrogens is 432 g/mol. The molecule has 158 valence electrons. The van der Waals surface area contributed by atoms with Crippen molar-refractivity contribution in [3.05, 3.63) is 59.1 Å². The summed E-state index contributed by atoms with van der Waals surface area (Å²) >= 11 is 7.62. The molecule has 1 N–H and O–H groups in total. The molecule has 0 heterocycles. The van der Waals surface area contributed by atoms with Crippen LogP contribution in [0.25, 0.3) is 0 Å². The van der Waals surface area contributed by atoms with Gasteiger partial charge in [0.25, 0.3) is 0 Å². The van der Waals surface area contributed by atoms with Gasteiger partial charge in [-0.25, -0.2) is 8.42 Å². The summed E-state index contributed by atoms with van der Waals surface area (Å²) in [6.07, 6.45) is 1.08. The first-order valence-electron chi connectivity index (χ1n) is 9.09. The topological polar surface area (TPSA) is 75.7 Å². The van der Waals surface area contributed by atoms with Crippen LogP contribution in [-0.2, 0) is 20.6 Å². The maximum absolute atomic E-state index is 12.3. The van der Waals surface area contributed by atoms with Gasteiger partial charge in [0.15, 0.2) is 0 Å². The molecule has 29 heavy (non-hydrogen) atoms. The predicted molar refractivity (Wildman–Crippen MR) is 120 cm³/mol. The van der Waals surface area contributed by atoms with Crippen molar-refractivity contribution in [2.45, 2.75) is 12.7 Å². The summed E-state index contributed by atoms with van der Waals surface area (Å²) < 4.78 is 30.7. The minimum atomic E-state index is -3.60. The van der Waals surface area contributed by atoms with Crippen molar-refractivity contribution in [2.75, 3.05) is 36.0 Å². The van der Waals surface area contributed by atoms with Gasteiger partial charge >= 0.3 is 0 Å². The van der Waals surface area contributed by atoms with Crippen LogP contribution in [0.15, 0.2) is 48.5 Å². The van der Waals surface area contributed by atoms with E-state index in [-0.39, 0.29) is 12.5 Å². The lowest BCUT2D eigenvalue weighted by Crippen LogP contribution is -2.41. The number of hydrogen-bond donors (Lipinski definition) is 1. The van der Waals surface area contributed by atoms with E-state index in [0.717, 1.165) is 21.9 Å². The fourth-order valence-electron chi connectivity index (χ4n) is 2.54. The smallest absolute Gasteiger partial charge is 0.240 e. The Kier molecular flexibility index (Phi) is 9.13. The Hall–Kier alpha value is -1.90. The van der Waals surface area contributed by atoms with Crippen molar-refractivity contribution in [3.63, 3.8) is 0 Å². The van der Waals surface area contributed by atoms with Crippen LogP contribution in [0.4, 0.5) is 5.69 Å². The van der Waals surface area contributed by atoms with Gasteiger partial charge < -0.3 is 10.1 Å². The Labute approximate surface area is 181 Å². The van der Waals surface area contributed by atoms with E-state index in [1.54, 1.807) is 36.0 Å². The second kappa shape index (κ2) is 11.3. The summed E-state index contributed by atoms with van der Waals surface area (Å²) in [5, 5.41) is 3.47. The number of rotatable bonds is 11. The van der Waals surface area contributed by atoms with Gasteiger partial charge in [-0.3, -0.25) is 9.10 Å². The molecule has 0 aromatic heterocycles. The molecule has 2 aromatic rings. The molecule has 0 atom stereocenters. The van der Waals surface area contributed by atoms with Crippen LogP contribution in [-0.4, -0.2) is 46.0 Å². The average molecular weight is 457 g/mol. The molecule has 9 heteroatoms. The van der Waals surface area contributed by atoms with E-state index >= 15 is 0 Å². The number of halogens is 1. The highest BCUT2D eigenvalue weighted by Crippen LogP contribution is 2.21. The largest absolute Gasteiger partial charge is 0.494 e. The maximum atomic E-state index is 12.3. The fraction of sp³-hybridized carbons (Fsp3) is 0.350. The summed E-state index contributed by atoms with van der Waals surface area (Å²) in [6, 6.07) is 14.3. The van der Waals surface area contributed by atoms with E-state index in [1.807, 2.05) is 31.2 Å². The Bertz CT molecular complexity index is 905. The zero-order valence-electron chi connectivity index (χ0n) is 16.4. The van der Waals surface area contributed by atoms with E-state index in [4.69, 9.17) is 16.3 Å². The highest BCUT2D eigenvalue weighted by atomic mass is 35.5. The summed E-state index contributed by atoms with van der Waals surface area (Å²) in [5.41, 5.74) is 1.54. The number of nitrogens with zero attached hydrogens (tertiary/aromatic N) is 1. The normalized spacial score (nSPS) is 11.1. The Morgan fingerprint density at radius 3 is 2.55 bits per heavy atom. The fourth-order valence-corrected chi connectivity index (χ4v) is 4.42. The molecule has 0 saturated carbocycles. The number of ether oxygens (including phenoxy) is 1. The summed E-state index contributed by atoms with van der Waals surface area (Å²) in [6.45, 7) is 2.57. The lowest BCUT2D eigenvalue weighted by atomic mass is 10.2. The van der Waals surface area contributed by atoms with Crippen LogP contribution in [0.5, 0.6) is 5.75 Å². The Balaban J connectivity index is 1.83. The quantitative estimate of drug-likeness (QED) is 0.523. The monoisotopic (exact) mass is 456 g/mol. The van der Waals surface area contributed by atoms with E-state index in [9.17, 15) is 13.2 Å². The first-order valence-corrected chi connectivity index (χ1v) is 12.5. The molecule has 0 bridgehead atoms. The molecule has 1 amide bonds. The Morgan fingerprint density at radius 1 is 1.21 bits per heavy atom. The zero-order chi connectivity index (χ0) is 21.3. The van der Waals surface area contributed by atoms with Crippen molar-refractivity contribution in [1.82, 2.24) is 5.32 Å². The van der Waals surface area contributed by atoms with Gasteiger partial charge in [0.2, 0.25) is 15.9 Å². The number of sulfonamides is 1. The molecule has 0 fully saturated rings. The summed E-state index contributed by atoms with van der Waals surface area (Å²) in [5.74, 6) is 1.79. The third kappa shape index (κ3) is 8.16. The molecule has 2 aromatic carbocycles. The predicted octanol–water partition coefficient (Wildman–Crippen LogP) is 3.55. The van der Waals surface area contributed by atoms with E-state index in [0.29, 0.717) is 35.4 Å². The molecule has 6 nitrogen and oxygen atoms in total. The maximum Gasteiger partial charge on any atom is 0.240 e. The van der Waals surface area contributed by atoms with Gasteiger partial charge in [-0.05, 0) is 48.9 Å². The molecule has 0 aliphatic heterocycles. The number of benzene rings is 2. The zero-order valence-corrected chi connectivity index (χ0v) is 18.8. The highest BCUT2D eigenvalue weighted by molar-refractivity contribution is 7.98. The van der Waals surface area contributed by atoms with Crippen molar-refractivity contribution < 1.29 is 17.9 Å². The Morgan fingerprint density at radius 2 is 1.93 bits per heavy atom. The summed E-state index contributed by atoms with van der Waals surface area (Å²) in [4.78, 5) is 12.3. The van der Waals surface area contributed by atoms with E-state index < -0.39 is 10.0 Å². The van der Waals surface area contributed by atoms with Crippen molar-refractivity contribution in [1.29, 1.82) is 0 Å². The van der Waals surface area contributed by atoms with Crippen LogP contribution >= 0.6 is 23.4 Å². The van der Waals surface area contributed by atoms with Crippen LogP contribution < -0.4 is 14.4 Å². The number of anilines is 1.